The predicted molar refractivity (Wildman–Crippen MR) is 106 cm³/mol. The molecule has 0 aliphatic rings. The number of Topliss-reactive ketones (excluding diaryl/α,β-unsaturated/α-hetero) is 1. The monoisotopic (exact) mass is 397 g/mol. The summed E-state index contributed by atoms with van der Waals surface area (Å²) >= 11 is 1.29. The fraction of sp³-hybridized carbons (Fsp3) is 0.200. The second-order valence-corrected chi connectivity index (χ2v) is 7.08. The molecule has 1 atom stereocenters. The first-order valence-electron chi connectivity index (χ1n) is 8.55. The van der Waals surface area contributed by atoms with Crippen molar-refractivity contribution in [2.75, 3.05) is 5.32 Å². The number of aromatic nitrogens is 2. The highest BCUT2D eigenvalue weighted by molar-refractivity contribution is 7.14. The molecule has 0 unspecified atom stereocenters. The first-order valence-corrected chi connectivity index (χ1v) is 9.43. The number of thiazole rings is 1. The second kappa shape index (κ2) is 8.18. The molecule has 1 amide bonds. The van der Waals surface area contributed by atoms with Crippen molar-refractivity contribution in [1.82, 2.24) is 9.55 Å². The third-order valence-corrected chi connectivity index (χ3v) is 4.84. The third kappa shape index (κ3) is 4.34. The van der Waals surface area contributed by atoms with E-state index in [9.17, 15) is 14.4 Å². The molecule has 3 aromatic rings. The Kier molecular flexibility index (Phi) is 5.70. The van der Waals surface area contributed by atoms with Crippen molar-refractivity contribution in [2.24, 2.45) is 7.05 Å². The van der Waals surface area contributed by atoms with Crippen LogP contribution in [0.4, 0.5) is 5.13 Å². The van der Waals surface area contributed by atoms with Crippen LogP contribution in [0.2, 0.25) is 0 Å². The Morgan fingerprint density at radius 2 is 1.93 bits per heavy atom. The van der Waals surface area contributed by atoms with E-state index in [4.69, 9.17) is 4.74 Å². The van der Waals surface area contributed by atoms with Gasteiger partial charge in [0.15, 0.2) is 17.0 Å². The van der Waals surface area contributed by atoms with Crippen molar-refractivity contribution < 1.29 is 19.1 Å². The minimum atomic E-state index is -1.02. The number of carbonyl (C=O) groups is 3. The smallest absolute Gasteiger partial charge is 0.355 e. The molecule has 0 spiro atoms. The van der Waals surface area contributed by atoms with E-state index >= 15 is 0 Å². The van der Waals surface area contributed by atoms with Crippen LogP contribution < -0.4 is 5.32 Å². The fourth-order valence-corrected chi connectivity index (χ4v) is 3.24. The summed E-state index contributed by atoms with van der Waals surface area (Å²) < 4.78 is 6.73. The molecule has 0 saturated carbocycles. The number of benzene rings is 1. The van der Waals surface area contributed by atoms with E-state index in [1.54, 1.807) is 13.2 Å². The average Bonchev–Trinajstić information content (AvgIpc) is 3.29. The maximum absolute atomic E-state index is 12.3. The van der Waals surface area contributed by atoms with Gasteiger partial charge >= 0.3 is 5.97 Å². The zero-order valence-corrected chi connectivity index (χ0v) is 16.4. The summed E-state index contributed by atoms with van der Waals surface area (Å²) in [6.45, 7) is 2.89. The Bertz CT molecular complexity index is 1020. The van der Waals surface area contributed by atoms with Gasteiger partial charge in [-0.3, -0.25) is 14.9 Å². The van der Waals surface area contributed by atoms with Gasteiger partial charge in [-0.25, -0.2) is 9.78 Å². The first kappa shape index (κ1) is 19.5. The molecule has 0 saturated heterocycles. The van der Waals surface area contributed by atoms with Crippen molar-refractivity contribution >= 4 is 34.1 Å². The molecule has 0 aliphatic heterocycles. The van der Waals surface area contributed by atoms with Crippen LogP contribution in [0.25, 0.3) is 11.3 Å². The topological polar surface area (TPSA) is 90.3 Å². The van der Waals surface area contributed by atoms with Gasteiger partial charge in [-0.05, 0) is 19.9 Å². The number of nitrogens with one attached hydrogen (secondary N) is 1. The summed E-state index contributed by atoms with van der Waals surface area (Å²) in [5.74, 6) is -1.32. The number of amides is 1. The van der Waals surface area contributed by atoms with Gasteiger partial charge in [0.25, 0.3) is 5.91 Å². The summed E-state index contributed by atoms with van der Waals surface area (Å²) in [5, 5.41) is 4.92. The lowest BCUT2D eigenvalue weighted by molar-refractivity contribution is -0.123. The molecule has 3 rings (SSSR count). The van der Waals surface area contributed by atoms with Gasteiger partial charge < -0.3 is 9.30 Å². The van der Waals surface area contributed by atoms with Crippen LogP contribution in [0.3, 0.4) is 0 Å². The van der Waals surface area contributed by atoms with E-state index in [1.165, 1.54) is 35.8 Å². The fourth-order valence-electron chi connectivity index (χ4n) is 2.51. The Balaban J connectivity index is 1.63. The van der Waals surface area contributed by atoms with Crippen LogP contribution in [0.15, 0.2) is 48.0 Å². The number of hydrogen-bond acceptors (Lipinski definition) is 6. The van der Waals surface area contributed by atoms with Crippen LogP contribution in [0.1, 0.15) is 34.7 Å². The number of carbonyl (C=O) groups excluding carboxylic acids is 3. The number of ether oxygens (including phenoxy) is 1. The summed E-state index contributed by atoms with van der Waals surface area (Å²) in [7, 11) is 1.63. The molecule has 7 nitrogen and oxygen atoms in total. The second-order valence-electron chi connectivity index (χ2n) is 6.22. The van der Waals surface area contributed by atoms with Gasteiger partial charge in [0.05, 0.1) is 5.69 Å². The van der Waals surface area contributed by atoms with Crippen molar-refractivity contribution in [1.29, 1.82) is 0 Å². The molecule has 0 bridgehead atoms. The van der Waals surface area contributed by atoms with Crippen LogP contribution in [-0.2, 0) is 16.6 Å². The SMILES string of the molecule is CC(=O)c1cc(C(=O)O[C@@H](C)C(=O)Nc2nc(-c3ccccc3)cs2)n(C)c1. The quantitative estimate of drug-likeness (QED) is 0.508. The van der Waals surface area contributed by atoms with E-state index in [1.807, 2.05) is 35.7 Å². The van der Waals surface area contributed by atoms with E-state index in [0.717, 1.165) is 11.3 Å². The maximum Gasteiger partial charge on any atom is 0.355 e. The van der Waals surface area contributed by atoms with Crippen LogP contribution in [0.5, 0.6) is 0 Å². The van der Waals surface area contributed by atoms with E-state index in [2.05, 4.69) is 10.3 Å². The van der Waals surface area contributed by atoms with Gasteiger partial charge in [-0.15, -0.1) is 11.3 Å². The lowest BCUT2D eigenvalue weighted by atomic mass is 10.2. The van der Waals surface area contributed by atoms with Gasteiger partial charge in [0.2, 0.25) is 0 Å². The molecular formula is C20H19N3O4S. The lowest BCUT2D eigenvalue weighted by Gasteiger charge is -2.12. The minimum Gasteiger partial charge on any atom is -0.448 e. The molecule has 8 heteroatoms. The van der Waals surface area contributed by atoms with Crippen molar-refractivity contribution in [2.45, 2.75) is 20.0 Å². The minimum absolute atomic E-state index is 0.154. The Hall–Kier alpha value is -3.26. The van der Waals surface area contributed by atoms with Crippen LogP contribution >= 0.6 is 11.3 Å². The number of hydrogen-bond donors (Lipinski definition) is 1. The van der Waals surface area contributed by atoms with E-state index in [-0.39, 0.29) is 11.5 Å². The molecule has 2 heterocycles. The third-order valence-electron chi connectivity index (χ3n) is 4.08. The number of nitrogens with zero attached hydrogens (tertiary/aromatic N) is 2. The Morgan fingerprint density at radius 3 is 2.57 bits per heavy atom. The normalized spacial score (nSPS) is 11.7. The molecular weight excluding hydrogens is 378 g/mol. The molecule has 28 heavy (non-hydrogen) atoms. The molecule has 0 fully saturated rings. The number of rotatable bonds is 6. The first-order chi connectivity index (χ1) is 13.3. The highest BCUT2D eigenvalue weighted by Crippen LogP contribution is 2.24. The van der Waals surface area contributed by atoms with Gasteiger partial charge in [0.1, 0.15) is 5.69 Å². The summed E-state index contributed by atoms with van der Waals surface area (Å²) in [6, 6.07) is 11.1. The van der Waals surface area contributed by atoms with Crippen molar-refractivity contribution in [3.63, 3.8) is 0 Å². The molecule has 144 valence electrons. The van der Waals surface area contributed by atoms with Crippen LogP contribution in [0, 0.1) is 0 Å². The van der Waals surface area contributed by atoms with E-state index < -0.39 is 18.0 Å². The molecule has 1 N–H and O–H groups in total. The zero-order valence-electron chi connectivity index (χ0n) is 15.6. The highest BCUT2D eigenvalue weighted by Gasteiger charge is 2.22. The summed E-state index contributed by atoms with van der Waals surface area (Å²) in [5.41, 5.74) is 2.31. The average molecular weight is 397 g/mol. The van der Waals surface area contributed by atoms with Gasteiger partial charge in [-0.2, -0.15) is 0 Å². The van der Waals surface area contributed by atoms with E-state index in [0.29, 0.717) is 10.7 Å². The number of aryl methyl sites for hydroxylation is 1. The Morgan fingerprint density at radius 1 is 1.21 bits per heavy atom. The largest absolute Gasteiger partial charge is 0.448 e. The predicted octanol–water partition coefficient (Wildman–Crippen LogP) is 3.54. The Labute approximate surface area is 166 Å². The van der Waals surface area contributed by atoms with Gasteiger partial charge in [-0.1, -0.05) is 30.3 Å². The lowest BCUT2D eigenvalue weighted by Crippen LogP contribution is -2.30. The molecule has 0 radical (unpaired) electrons. The zero-order chi connectivity index (χ0) is 20.3. The number of esters is 1. The molecule has 0 aliphatic carbocycles. The summed E-state index contributed by atoms with van der Waals surface area (Å²) in [6.07, 6.45) is 0.525. The number of anilines is 1. The standard InChI is InChI=1S/C20H19N3O4S/c1-12(24)15-9-17(23(3)10-15)19(26)27-13(2)18(25)22-20-21-16(11-28-20)14-7-5-4-6-8-14/h4-11,13H,1-3H3,(H,21,22,25)/t13-/m0/s1. The van der Waals surface area contributed by atoms with Crippen molar-refractivity contribution in [3.8, 4) is 11.3 Å². The highest BCUT2D eigenvalue weighted by atomic mass is 32.1. The number of ketones is 1. The maximum atomic E-state index is 12.3. The van der Waals surface area contributed by atoms with Crippen molar-refractivity contribution in [3.05, 3.63) is 59.2 Å². The van der Waals surface area contributed by atoms with Crippen LogP contribution in [-0.4, -0.2) is 33.3 Å². The van der Waals surface area contributed by atoms with Gasteiger partial charge in [0, 0.05) is 29.8 Å². The molecule has 1 aromatic carbocycles. The summed E-state index contributed by atoms with van der Waals surface area (Å²) in [4.78, 5) is 40.5. The molecule has 2 aromatic heterocycles.